The number of nitrogens with one attached hydrogen (secondary N) is 2. The van der Waals surface area contributed by atoms with E-state index < -0.39 is 0 Å². The number of fused-ring (bicyclic) bond motifs is 1. The van der Waals surface area contributed by atoms with Crippen molar-refractivity contribution >= 4 is 16.7 Å². The van der Waals surface area contributed by atoms with Gasteiger partial charge in [0, 0.05) is 12.6 Å². The van der Waals surface area contributed by atoms with Gasteiger partial charge in [-0.2, -0.15) is 0 Å². The van der Waals surface area contributed by atoms with Gasteiger partial charge in [0.1, 0.15) is 0 Å². The highest BCUT2D eigenvalue weighted by atomic mass is 15.2. The van der Waals surface area contributed by atoms with Crippen LogP contribution in [0.1, 0.15) is 25.8 Å². The molecule has 2 unspecified atom stereocenters. The molecule has 0 radical (unpaired) electrons. The molecule has 2 aromatic carbocycles. The van der Waals surface area contributed by atoms with E-state index in [2.05, 4.69) is 66.9 Å². The summed E-state index contributed by atoms with van der Waals surface area (Å²) in [6.07, 6.45) is 1.25. The number of rotatable bonds is 4. The Balaban J connectivity index is 1.77. The normalized spacial score (nSPS) is 21.3. The lowest BCUT2D eigenvalue weighted by molar-refractivity contribution is 0.767. The molecule has 0 bridgehead atoms. The Bertz CT molecular complexity index is 642. The van der Waals surface area contributed by atoms with Gasteiger partial charge in [-0.05, 0) is 35.6 Å². The molecule has 2 atom stereocenters. The first kappa shape index (κ1) is 13.9. The summed E-state index contributed by atoms with van der Waals surface area (Å²) in [5, 5.41) is 9.40. The van der Waals surface area contributed by atoms with Crippen LogP contribution in [0.3, 0.4) is 0 Å². The van der Waals surface area contributed by atoms with Crippen molar-refractivity contribution < 1.29 is 0 Å². The Labute approximate surface area is 126 Å². The monoisotopic (exact) mass is 281 g/mol. The molecule has 1 saturated carbocycles. The number of aliphatic imine (C=N–C) groups is 1. The predicted molar refractivity (Wildman–Crippen MR) is 89.5 cm³/mol. The van der Waals surface area contributed by atoms with E-state index in [1.54, 1.807) is 0 Å². The fraction of sp³-hybridized carbons (Fsp3) is 0.389. The zero-order valence-corrected chi connectivity index (χ0v) is 12.8. The molecule has 1 fully saturated rings. The minimum atomic E-state index is 0.593. The van der Waals surface area contributed by atoms with Gasteiger partial charge in [-0.1, -0.05) is 49.4 Å². The van der Waals surface area contributed by atoms with Gasteiger partial charge in [-0.25, -0.2) is 4.99 Å². The van der Waals surface area contributed by atoms with E-state index in [1.807, 2.05) is 0 Å². The van der Waals surface area contributed by atoms with Crippen LogP contribution in [0.4, 0.5) is 0 Å². The molecule has 2 aromatic rings. The summed E-state index contributed by atoms with van der Waals surface area (Å²) in [5.41, 5.74) is 1.27. The van der Waals surface area contributed by atoms with Crippen molar-refractivity contribution in [2.24, 2.45) is 10.9 Å². The summed E-state index contributed by atoms with van der Waals surface area (Å²) in [5.74, 6) is 1.70. The first-order valence-corrected chi connectivity index (χ1v) is 7.79. The van der Waals surface area contributed by atoms with Gasteiger partial charge >= 0.3 is 0 Å². The van der Waals surface area contributed by atoms with Crippen molar-refractivity contribution in [3.63, 3.8) is 0 Å². The number of hydrogen-bond donors (Lipinski definition) is 2. The Kier molecular flexibility index (Phi) is 4.09. The molecule has 3 nitrogen and oxygen atoms in total. The minimum Gasteiger partial charge on any atom is -0.357 e. The van der Waals surface area contributed by atoms with E-state index in [-0.39, 0.29) is 0 Å². The zero-order chi connectivity index (χ0) is 14.7. The molecule has 1 aliphatic rings. The summed E-state index contributed by atoms with van der Waals surface area (Å²) in [4.78, 5) is 4.74. The molecular formula is C18H23N3. The van der Waals surface area contributed by atoms with E-state index >= 15 is 0 Å². The third kappa shape index (κ3) is 3.35. The number of nitrogens with zero attached hydrogens (tertiary/aromatic N) is 1. The van der Waals surface area contributed by atoms with Crippen LogP contribution >= 0.6 is 0 Å². The lowest BCUT2D eigenvalue weighted by atomic mass is 10.1. The molecule has 3 rings (SSSR count). The van der Waals surface area contributed by atoms with Gasteiger partial charge in [0.2, 0.25) is 0 Å². The summed E-state index contributed by atoms with van der Waals surface area (Å²) in [6.45, 7) is 5.97. The lowest BCUT2D eigenvalue weighted by Gasteiger charge is -2.11. The molecule has 0 saturated heterocycles. The summed E-state index contributed by atoms with van der Waals surface area (Å²) in [7, 11) is 0. The Morgan fingerprint density at radius 2 is 1.95 bits per heavy atom. The summed E-state index contributed by atoms with van der Waals surface area (Å²) >= 11 is 0. The summed E-state index contributed by atoms with van der Waals surface area (Å²) < 4.78 is 0. The van der Waals surface area contributed by atoms with Crippen molar-refractivity contribution in [3.8, 4) is 0 Å². The highest BCUT2D eigenvalue weighted by Crippen LogP contribution is 2.28. The second kappa shape index (κ2) is 6.17. The average molecular weight is 281 g/mol. The predicted octanol–water partition coefficient (Wildman–Crippen LogP) is 3.30. The first-order valence-electron chi connectivity index (χ1n) is 7.79. The fourth-order valence-electron chi connectivity index (χ4n) is 2.61. The molecule has 0 aliphatic heterocycles. The smallest absolute Gasteiger partial charge is 0.191 e. The van der Waals surface area contributed by atoms with Crippen LogP contribution in [0.2, 0.25) is 0 Å². The van der Waals surface area contributed by atoms with Gasteiger partial charge in [0.25, 0.3) is 0 Å². The van der Waals surface area contributed by atoms with Crippen LogP contribution in [-0.4, -0.2) is 18.5 Å². The largest absolute Gasteiger partial charge is 0.357 e. The molecule has 110 valence electrons. The molecule has 0 amide bonds. The highest BCUT2D eigenvalue weighted by molar-refractivity contribution is 5.86. The number of hydrogen-bond acceptors (Lipinski definition) is 1. The molecule has 0 heterocycles. The molecular weight excluding hydrogens is 258 g/mol. The molecule has 1 aliphatic carbocycles. The second-order valence-corrected chi connectivity index (χ2v) is 5.80. The first-order chi connectivity index (χ1) is 10.3. The van der Waals surface area contributed by atoms with Gasteiger partial charge in [0.05, 0.1) is 6.54 Å². The third-order valence-corrected chi connectivity index (χ3v) is 4.06. The van der Waals surface area contributed by atoms with Gasteiger partial charge in [-0.3, -0.25) is 0 Å². The second-order valence-electron chi connectivity index (χ2n) is 5.80. The van der Waals surface area contributed by atoms with Crippen LogP contribution in [-0.2, 0) is 6.54 Å². The maximum atomic E-state index is 4.74. The van der Waals surface area contributed by atoms with Crippen molar-refractivity contribution in [2.75, 3.05) is 6.54 Å². The highest BCUT2D eigenvalue weighted by Gasteiger charge is 2.33. The van der Waals surface area contributed by atoms with Crippen LogP contribution in [0.5, 0.6) is 0 Å². The maximum Gasteiger partial charge on any atom is 0.191 e. The van der Waals surface area contributed by atoms with Gasteiger partial charge in [-0.15, -0.1) is 0 Å². The Hall–Kier alpha value is -2.03. The molecule has 0 aromatic heterocycles. The summed E-state index contributed by atoms with van der Waals surface area (Å²) in [6, 6.07) is 15.5. The van der Waals surface area contributed by atoms with Crippen LogP contribution in [0.15, 0.2) is 47.5 Å². The molecule has 0 spiro atoms. The van der Waals surface area contributed by atoms with Crippen LogP contribution in [0.25, 0.3) is 10.8 Å². The number of guanidine groups is 1. The van der Waals surface area contributed by atoms with Crippen LogP contribution in [0, 0.1) is 5.92 Å². The Morgan fingerprint density at radius 1 is 1.19 bits per heavy atom. The Morgan fingerprint density at radius 3 is 2.71 bits per heavy atom. The standard InChI is InChI=1S/C18H23N3/c1-3-19-18(21-17-11-13(17)2)20-12-15-9-6-8-14-7-4-5-10-16(14)15/h4-10,13,17H,3,11-12H2,1-2H3,(H2,19,20,21). The van der Waals surface area contributed by atoms with E-state index in [9.17, 15) is 0 Å². The number of benzene rings is 2. The maximum absolute atomic E-state index is 4.74. The van der Waals surface area contributed by atoms with Gasteiger partial charge < -0.3 is 10.6 Å². The zero-order valence-electron chi connectivity index (χ0n) is 12.8. The van der Waals surface area contributed by atoms with Crippen molar-refractivity contribution in [1.82, 2.24) is 10.6 Å². The molecule has 3 heteroatoms. The third-order valence-electron chi connectivity index (χ3n) is 4.06. The van der Waals surface area contributed by atoms with Crippen molar-refractivity contribution in [3.05, 3.63) is 48.0 Å². The molecule has 21 heavy (non-hydrogen) atoms. The van der Waals surface area contributed by atoms with Crippen molar-refractivity contribution in [2.45, 2.75) is 32.9 Å². The average Bonchev–Trinajstić information content (AvgIpc) is 3.20. The van der Waals surface area contributed by atoms with Gasteiger partial charge in [0.15, 0.2) is 5.96 Å². The van der Waals surface area contributed by atoms with E-state index in [0.717, 1.165) is 18.4 Å². The van der Waals surface area contributed by atoms with E-state index in [1.165, 1.54) is 22.8 Å². The lowest BCUT2D eigenvalue weighted by Crippen LogP contribution is -2.39. The minimum absolute atomic E-state index is 0.593. The van der Waals surface area contributed by atoms with E-state index in [4.69, 9.17) is 4.99 Å². The van der Waals surface area contributed by atoms with Crippen molar-refractivity contribution in [1.29, 1.82) is 0 Å². The topological polar surface area (TPSA) is 36.4 Å². The van der Waals surface area contributed by atoms with Crippen LogP contribution < -0.4 is 10.6 Å². The fourth-order valence-corrected chi connectivity index (χ4v) is 2.61. The van der Waals surface area contributed by atoms with E-state index in [0.29, 0.717) is 12.6 Å². The molecule has 2 N–H and O–H groups in total. The SMILES string of the molecule is CCNC(=NCc1cccc2ccccc12)NC1CC1C. The quantitative estimate of drug-likeness (QED) is 0.666.